The van der Waals surface area contributed by atoms with Gasteiger partial charge in [-0.2, -0.15) is 0 Å². The molecule has 37 heavy (non-hydrogen) atoms. The van der Waals surface area contributed by atoms with Crippen LogP contribution in [0.2, 0.25) is 0 Å². The Kier molecular flexibility index (Phi) is 6.48. The second kappa shape index (κ2) is 9.02. The van der Waals surface area contributed by atoms with Crippen LogP contribution in [-0.2, 0) is 28.6 Å². The van der Waals surface area contributed by atoms with Crippen LogP contribution in [-0.4, -0.2) is 64.6 Å². The molecule has 2 saturated carbocycles. The molecule has 5 aliphatic rings. The molecule has 8 nitrogen and oxygen atoms in total. The Morgan fingerprint density at radius 1 is 1.22 bits per heavy atom. The molecule has 1 saturated heterocycles. The lowest BCUT2D eigenvalue weighted by atomic mass is 9.49. The van der Waals surface area contributed by atoms with Gasteiger partial charge in [-0.1, -0.05) is 19.4 Å². The van der Waals surface area contributed by atoms with E-state index in [9.17, 15) is 24.6 Å². The fourth-order valence-electron chi connectivity index (χ4n) is 8.68. The van der Waals surface area contributed by atoms with Gasteiger partial charge >= 0.3 is 11.9 Å². The van der Waals surface area contributed by atoms with Crippen molar-refractivity contribution in [2.24, 2.45) is 35.0 Å². The van der Waals surface area contributed by atoms with Gasteiger partial charge in [0.25, 0.3) is 0 Å². The third kappa shape index (κ3) is 3.77. The Hall–Kier alpha value is -2.03. The van der Waals surface area contributed by atoms with Gasteiger partial charge in [-0.05, 0) is 80.8 Å². The van der Waals surface area contributed by atoms with Crippen LogP contribution in [0.5, 0.6) is 0 Å². The van der Waals surface area contributed by atoms with E-state index in [1.807, 2.05) is 6.92 Å². The Balaban J connectivity index is 1.35. The second-order valence-electron chi connectivity index (χ2n) is 12.5. The molecule has 8 heteroatoms. The topological polar surface area (TPSA) is 119 Å². The molecule has 0 spiro atoms. The minimum absolute atomic E-state index is 0.0162. The number of rotatable bonds is 4. The number of esters is 2. The maximum Gasteiger partial charge on any atom is 0.337 e. The number of hydrogen-bond donors (Lipinski definition) is 2. The highest BCUT2D eigenvalue weighted by molar-refractivity contribution is 6.00. The van der Waals surface area contributed by atoms with Gasteiger partial charge in [0.05, 0.1) is 12.2 Å². The van der Waals surface area contributed by atoms with Crippen molar-refractivity contribution in [2.75, 3.05) is 13.2 Å². The molecule has 0 radical (unpaired) electrons. The van der Waals surface area contributed by atoms with E-state index in [0.717, 1.165) is 24.8 Å². The summed E-state index contributed by atoms with van der Waals surface area (Å²) in [6.07, 6.45) is 5.55. The molecular weight excluding hydrogens is 476 g/mol. The summed E-state index contributed by atoms with van der Waals surface area (Å²) in [6, 6.07) is 0. The highest BCUT2D eigenvalue weighted by Crippen LogP contribution is 2.65. The van der Waals surface area contributed by atoms with E-state index in [0.29, 0.717) is 30.9 Å². The molecule has 0 unspecified atom stereocenters. The van der Waals surface area contributed by atoms with E-state index in [-0.39, 0.29) is 47.6 Å². The molecule has 3 fully saturated rings. The smallest absolute Gasteiger partial charge is 0.337 e. The first-order valence-corrected chi connectivity index (χ1v) is 13.6. The maximum absolute atomic E-state index is 13.1. The van der Waals surface area contributed by atoms with E-state index in [4.69, 9.17) is 14.2 Å². The highest BCUT2D eigenvalue weighted by atomic mass is 16.6. The standard InChI is InChI=1S/C29H40O8/c1-15-12-23(37-26(33)18(15)13-35-17(3)30)16(2)20-6-7-21-19-14-36-28(5)24(31)8-9-25(32)29(28,34)22(19)10-11-27(20,21)4/h8-9,16,19-24,31,34H,6-7,10-14H2,1-5H3/t16-,19-,20+,21-,22-,23+,24-,27+,28-,29+/m0/s1. The lowest BCUT2D eigenvalue weighted by molar-refractivity contribution is -0.284. The Bertz CT molecular complexity index is 1060. The monoisotopic (exact) mass is 516 g/mol. The van der Waals surface area contributed by atoms with Crippen molar-refractivity contribution in [1.82, 2.24) is 0 Å². The molecule has 0 amide bonds. The highest BCUT2D eigenvalue weighted by Gasteiger charge is 2.70. The summed E-state index contributed by atoms with van der Waals surface area (Å²) in [5.74, 6) is -0.763. The van der Waals surface area contributed by atoms with Crippen molar-refractivity contribution in [3.63, 3.8) is 0 Å². The summed E-state index contributed by atoms with van der Waals surface area (Å²) in [4.78, 5) is 37.1. The van der Waals surface area contributed by atoms with Gasteiger partial charge in [-0.15, -0.1) is 0 Å². The van der Waals surface area contributed by atoms with Gasteiger partial charge in [-0.25, -0.2) is 4.79 Å². The number of aliphatic hydroxyl groups excluding tert-OH is 1. The van der Waals surface area contributed by atoms with Gasteiger partial charge in [0.2, 0.25) is 0 Å². The van der Waals surface area contributed by atoms with E-state index < -0.39 is 29.2 Å². The zero-order chi connectivity index (χ0) is 26.9. The average Bonchev–Trinajstić information content (AvgIpc) is 3.19. The lowest BCUT2D eigenvalue weighted by Gasteiger charge is -2.61. The number of aliphatic hydroxyl groups is 2. The fourth-order valence-corrected chi connectivity index (χ4v) is 8.68. The normalized spacial score (nSPS) is 46.0. The lowest BCUT2D eigenvalue weighted by Crippen LogP contribution is -2.74. The van der Waals surface area contributed by atoms with Crippen molar-refractivity contribution in [3.8, 4) is 0 Å². The number of ketones is 1. The number of ether oxygens (including phenoxy) is 3. The molecule has 0 aromatic heterocycles. The summed E-state index contributed by atoms with van der Waals surface area (Å²) in [6.45, 7) is 9.72. The minimum atomic E-state index is -1.74. The van der Waals surface area contributed by atoms with E-state index in [1.165, 1.54) is 19.1 Å². The van der Waals surface area contributed by atoms with Gasteiger partial charge in [0.15, 0.2) is 11.4 Å². The quantitative estimate of drug-likeness (QED) is 0.548. The van der Waals surface area contributed by atoms with Gasteiger partial charge in [0.1, 0.15) is 24.4 Å². The SMILES string of the molecule is CC(=O)OCC1=C(C)C[C@H]([C@@H](C)[C@H]2CC[C@H]3[C@@H]4CO[C@@]5(C)[C@@H](O)C=CC(=O)[C@]5(O)[C@H]4CC[C@]23C)OC1=O. The van der Waals surface area contributed by atoms with Gasteiger partial charge < -0.3 is 24.4 Å². The first-order chi connectivity index (χ1) is 17.3. The molecule has 10 atom stereocenters. The van der Waals surface area contributed by atoms with Gasteiger partial charge in [-0.3, -0.25) is 9.59 Å². The third-order valence-electron chi connectivity index (χ3n) is 10.9. The van der Waals surface area contributed by atoms with Crippen LogP contribution in [0.1, 0.15) is 66.7 Å². The first kappa shape index (κ1) is 26.6. The molecule has 2 aliphatic heterocycles. The number of hydrogen-bond acceptors (Lipinski definition) is 8. The summed E-state index contributed by atoms with van der Waals surface area (Å²) in [5.41, 5.74) is -1.79. The van der Waals surface area contributed by atoms with Crippen LogP contribution in [0.15, 0.2) is 23.3 Å². The number of carbonyl (C=O) groups is 3. The molecule has 3 aliphatic carbocycles. The first-order valence-electron chi connectivity index (χ1n) is 13.6. The molecule has 5 rings (SSSR count). The predicted octanol–water partition coefficient (Wildman–Crippen LogP) is 2.90. The largest absolute Gasteiger partial charge is 0.461 e. The third-order valence-corrected chi connectivity index (χ3v) is 10.9. The van der Waals surface area contributed by atoms with Crippen LogP contribution >= 0.6 is 0 Å². The van der Waals surface area contributed by atoms with Crippen molar-refractivity contribution in [1.29, 1.82) is 0 Å². The second-order valence-corrected chi connectivity index (χ2v) is 12.5. The molecule has 2 N–H and O–H groups in total. The Labute approximate surface area is 218 Å². The molecule has 0 aromatic carbocycles. The average molecular weight is 517 g/mol. The zero-order valence-electron chi connectivity index (χ0n) is 22.5. The molecule has 0 bridgehead atoms. The Morgan fingerprint density at radius 3 is 2.62 bits per heavy atom. The van der Waals surface area contributed by atoms with Crippen molar-refractivity contribution in [3.05, 3.63) is 23.3 Å². The predicted molar refractivity (Wildman–Crippen MR) is 133 cm³/mol. The molecule has 204 valence electrons. The number of cyclic esters (lactones) is 1. The summed E-state index contributed by atoms with van der Waals surface area (Å²) in [5, 5.41) is 22.5. The summed E-state index contributed by atoms with van der Waals surface area (Å²) in [7, 11) is 0. The van der Waals surface area contributed by atoms with E-state index in [2.05, 4.69) is 13.8 Å². The van der Waals surface area contributed by atoms with Crippen LogP contribution in [0.25, 0.3) is 0 Å². The van der Waals surface area contributed by atoms with Crippen LogP contribution < -0.4 is 0 Å². The fraction of sp³-hybridized carbons (Fsp3) is 0.759. The van der Waals surface area contributed by atoms with Crippen LogP contribution in [0, 0.1) is 35.0 Å². The van der Waals surface area contributed by atoms with Crippen LogP contribution in [0.3, 0.4) is 0 Å². The van der Waals surface area contributed by atoms with E-state index >= 15 is 0 Å². The summed E-state index contributed by atoms with van der Waals surface area (Å²) < 4.78 is 17.1. The summed E-state index contributed by atoms with van der Waals surface area (Å²) >= 11 is 0. The number of fused-ring (bicyclic) bond motifs is 5. The minimum Gasteiger partial charge on any atom is -0.461 e. The van der Waals surface area contributed by atoms with Gasteiger partial charge in [0, 0.05) is 19.3 Å². The molecule has 0 aromatic rings. The molecular formula is C29H40O8. The van der Waals surface area contributed by atoms with Crippen molar-refractivity contribution >= 4 is 17.7 Å². The van der Waals surface area contributed by atoms with Crippen LogP contribution in [0.4, 0.5) is 0 Å². The Morgan fingerprint density at radius 2 is 1.95 bits per heavy atom. The van der Waals surface area contributed by atoms with Crippen molar-refractivity contribution < 1.29 is 38.8 Å². The molecule has 2 heterocycles. The van der Waals surface area contributed by atoms with Crippen molar-refractivity contribution in [2.45, 2.75) is 90.1 Å². The zero-order valence-corrected chi connectivity index (χ0v) is 22.5. The number of carbonyl (C=O) groups excluding carboxylic acids is 3. The maximum atomic E-state index is 13.1. The van der Waals surface area contributed by atoms with E-state index in [1.54, 1.807) is 6.92 Å².